The Bertz CT molecular complexity index is 761. The van der Waals surface area contributed by atoms with Crippen molar-refractivity contribution in [1.82, 2.24) is 9.97 Å². The summed E-state index contributed by atoms with van der Waals surface area (Å²) in [6.07, 6.45) is 3.95. The second-order valence-corrected chi connectivity index (χ2v) is 6.46. The van der Waals surface area contributed by atoms with Crippen molar-refractivity contribution < 1.29 is 4.79 Å². The highest BCUT2D eigenvalue weighted by Crippen LogP contribution is 2.26. The number of anilines is 4. The zero-order chi connectivity index (χ0) is 17.8. The van der Waals surface area contributed by atoms with Gasteiger partial charge in [-0.1, -0.05) is 23.7 Å². The molecule has 1 aliphatic heterocycles. The lowest BCUT2D eigenvalue weighted by atomic mass is 10.3. The third kappa shape index (κ3) is 4.11. The SMILES string of the molecule is CN(C)c1nc(N2CCCC2)ncc1NC(=O)Nc1ccccc1Cl. The largest absolute Gasteiger partial charge is 0.361 e. The maximum absolute atomic E-state index is 12.3. The molecule has 1 aliphatic rings. The molecule has 132 valence electrons. The van der Waals surface area contributed by atoms with E-state index in [0.29, 0.717) is 28.2 Å². The molecule has 3 rings (SSSR count). The van der Waals surface area contributed by atoms with Crippen molar-refractivity contribution >= 4 is 40.8 Å². The number of benzene rings is 1. The number of urea groups is 1. The molecule has 1 aromatic heterocycles. The van der Waals surface area contributed by atoms with Gasteiger partial charge in [-0.2, -0.15) is 4.98 Å². The average Bonchev–Trinajstić information content (AvgIpc) is 3.11. The molecule has 1 saturated heterocycles. The predicted molar refractivity (Wildman–Crippen MR) is 102 cm³/mol. The topological polar surface area (TPSA) is 73.4 Å². The van der Waals surface area contributed by atoms with Gasteiger partial charge < -0.3 is 20.4 Å². The normalized spacial score (nSPS) is 13.6. The molecule has 0 aliphatic carbocycles. The molecule has 2 N–H and O–H groups in total. The van der Waals surface area contributed by atoms with Crippen molar-refractivity contribution in [3.8, 4) is 0 Å². The molecule has 2 amide bonds. The quantitative estimate of drug-likeness (QED) is 0.873. The minimum Gasteiger partial charge on any atom is -0.361 e. The van der Waals surface area contributed by atoms with Crippen LogP contribution in [0.4, 0.5) is 27.9 Å². The van der Waals surface area contributed by atoms with Crippen LogP contribution in [0, 0.1) is 0 Å². The lowest BCUT2D eigenvalue weighted by Gasteiger charge is -2.21. The molecular formula is C17H21ClN6O. The zero-order valence-corrected chi connectivity index (χ0v) is 15.0. The average molecular weight is 361 g/mol. The number of halogens is 1. The molecule has 0 atom stereocenters. The highest BCUT2D eigenvalue weighted by molar-refractivity contribution is 6.33. The summed E-state index contributed by atoms with van der Waals surface area (Å²) in [7, 11) is 3.76. The van der Waals surface area contributed by atoms with Crippen molar-refractivity contribution in [3.63, 3.8) is 0 Å². The highest BCUT2D eigenvalue weighted by Gasteiger charge is 2.18. The first kappa shape index (κ1) is 17.3. The first-order chi connectivity index (χ1) is 12.0. The van der Waals surface area contributed by atoms with E-state index >= 15 is 0 Å². The van der Waals surface area contributed by atoms with Gasteiger partial charge in [-0.05, 0) is 25.0 Å². The number of aromatic nitrogens is 2. The maximum Gasteiger partial charge on any atom is 0.323 e. The van der Waals surface area contributed by atoms with Crippen LogP contribution in [0.2, 0.25) is 5.02 Å². The summed E-state index contributed by atoms with van der Waals surface area (Å²) < 4.78 is 0. The number of carbonyl (C=O) groups is 1. The molecule has 0 saturated carbocycles. The van der Waals surface area contributed by atoms with Crippen LogP contribution >= 0.6 is 11.6 Å². The van der Waals surface area contributed by atoms with Crippen LogP contribution in [0.3, 0.4) is 0 Å². The van der Waals surface area contributed by atoms with E-state index in [-0.39, 0.29) is 0 Å². The first-order valence-corrected chi connectivity index (χ1v) is 8.54. The third-order valence-corrected chi connectivity index (χ3v) is 4.27. The van der Waals surface area contributed by atoms with E-state index in [0.717, 1.165) is 25.9 Å². The van der Waals surface area contributed by atoms with E-state index in [2.05, 4.69) is 25.5 Å². The second-order valence-electron chi connectivity index (χ2n) is 6.05. The van der Waals surface area contributed by atoms with E-state index in [1.54, 1.807) is 30.5 Å². The Morgan fingerprint density at radius 2 is 1.84 bits per heavy atom. The van der Waals surface area contributed by atoms with Gasteiger partial charge in [0.2, 0.25) is 5.95 Å². The Kier molecular flexibility index (Phi) is 5.23. The van der Waals surface area contributed by atoms with E-state index in [4.69, 9.17) is 11.6 Å². The smallest absolute Gasteiger partial charge is 0.323 e. The number of nitrogens with one attached hydrogen (secondary N) is 2. The van der Waals surface area contributed by atoms with Crippen LogP contribution in [-0.4, -0.2) is 43.2 Å². The molecule has 0 unspecified atom stereocenters. The molecule has 2 heterocycles. The number of nitrogens with zero attached hydrogens (tertiary/aromatic N) is 4. The fourth-order valence-corrected chi connectivity index (χ4v) is 2.88. The van der Waals surface area contributed by atoms with E-state index in [1.165, 1.54) is 0 Å². The van der Waals surface area contributed by atoms with Gasteiger partial charge in [-0.15, -0.1) is 0 Å². The summed E-state index contributed by atoms with van der Waals surface area (Å²) in [6, 6.07) is 6.67. The molecule has 25 heavy (non-hydrogen) atoms. The Morgan fingerprint density at radius 3 is 2.52 bits per heavy atom. The van der Waals surface area contributed by atoms with Crippen LogP contribution < -0.4 is 20.4 Å². The van der Waals surface area contributed by atoms with Crippen molar-refractivity contribution in [2.45, 2.75) is 12.8 Å². The van der Waals surface area contributed by atoms with Gasteiger partial charge in [0.25, 0.3) is 0 Å². The summed E-state index contributed by atoms with van der Waals surface area (Å²) in [5, 5.41) is 6.00. The Labute approximate surface area is 152 Å². The molecule has 7 nitrogen and oxygen atoms in total. The number of hydrogen-bond donors (Lipinski definition) is 2. The fraction of sp³-hybridized carbons (Fsp3) is 0.353. The number of carbonyl (C=O) groups excluding carboxylic acids is 1. The van der Waals surface area contributed by atoms with Crippen molar-refractivity contribution in [1.29, 1.82) is 0 Å². The molecule has 1 fully saturated rings. The van der Waals surface area contributed by atoms with Crippen LogP contribution in [0.1, 0.15) is 12.8 Å². The molecule has 0 radical (unpaired) electrons. The summed E-state index contributed by atoms with van der Waals surface area (Å²) in [5.74, 6) is 1.35. The summed E-state index contributed by atoms with van der Waals surface area (Å²) in [4.78, 5) is 25.3. The Morgan fingerprint density at radius 1 is 1.16 bits per heavy atom. The lowest BCUT2D eigenvalue weighted by molar-refractivity contribution is 0.262. The Balaban J connectivity index is 1.76. The molecule has 1 aromatic carbocycles. The summed E-state index contributed by atoms with van der Waals surface area (Å²) >= 11 is 6.07. The monoisotopic (exact) mass is 360 g/mol. The number of hydrogen-bond acceptors (Lipinski definition) is 5. The van der Waals surface area contributed by atoms with Gasteiger partial charge in [-0.3, -0.25) is 0 Å². The van der Waals surface area contributed by atoms with Gasteiger partial charge in [-0.25, -0.2) is 9.78 Å². The minimum atomic E-state index is -0.395. The van der Waals surface area contributed by atoms with Gasteiger partial charge in [0.15, 0.2) is 5.82 Å². The summed E-state index contributed by atoms with van der Waals surface area (Å²) in [5.41, 5.74) is 1.08. The van der Waals surface area contributed by atoms with Gasteiger partial charge in [0.05, 0.1) is 16.9 Å². The lowest BCUT2D eigenvalue weighted by Crippen LogP contribution is -2.25. The third-order valence-electron chi connectivity index (χ3n) is 3.94. The molecule has 0 bridgehead atoms. The number of amides is 2. The minimum absolute atomic E-state index is 0.395. The van der Waals surface area contributed by atoms with Crippen LogP contribution in [0.5, 0.6) is 0 Å². The van der Waals surface area contributed by atoms with Crippen molar-refractivity contribution in [2.75, 3.05) is 47.6 Å². The van der Waals surface area contributed by atoms with Crippen LogP contribution in [0.25, 0.3) is 0 Å². The maximum atomic E-state index is 12.3. The second kappa shape index (κ2) is 7.57. The molecular weight excluding hydrogens is 340 g/mol. The van der Waals surface area contributed by atoms with Gasteiger partial charge in [0, 0.05) is 27.2 Å². The first-order valence-electron chi connectivity index (χ1n) is 8.16. The number of para-hydroxylation sites is 1. The highest BCUT2D eigenvalue weighted by atomic mass is 35.5. The molecule has 8 heteroatoms. The van der Waals surface area contributed by atoms with Gasteiger partial charge >= 0.3 is 6.03 Å². The van der Waals surface area contributed by atoms with E-state index < -0.39 is 6.03 Å². The summed E-state index contributed by atoms with van der Waals surface area (Å²) in [6.45, 7) is 1.93. The molecule has 2 aromatic rings. The molecule has 0 spiro atoms. The predicted octanol–water partition coefficient (Wildman–Crippen LogP) is 3.44. The standard InChI is InChI=1S/C17H21ClN6O/c1-23(2)15-14(11-19-16(22-15)24-9-5-6-10-24)21-17(25)20-13-8-4-3-7-12(13)18/h3-4,7-8,11H,5-6,9-10H2,1-2H3,(H2,20,21,25). The van der Waals surface area contributed by atoms with Gasteiger partial charge in [0.1, 0.15) is 5.69 Å². The van der Waals surface area contributed by atoms with E-state index in [9.17, 15) is 4.79 Å². The Hall–Kier alpha value is -2.54. The fourth-order valence-electron chi connectivity index (χ4n) is 2.70. The van der Waals surface area contributed by atoms with Crippen LogP contribution in [-0.2, 0) is 0 Å². The van der Waals surface area contributed by atoms with E-state index in [1.807, 2.05) is 19.0 Å². The van der Waals surface area contributed by atoms with Crippen molar-refractivity contribution in [3.05, 3.63) is 35.5 Å². The zero-order valence-electron chi connectivity index (χ0n) is 14.3. The van der Waals surface area contributed by atoms with Crippen LogP contribution in [0.15, 0.2) is 30.5 Å². The van der Waals surface area contributed by atoms with Crippen molar-refractivity contribution in [2.24, 2.45) is 0 Å². The number of rotatable bonds is 4.